The number of nitrogens with zero attached hydrogens (tertiary/aromatic N) is 5. The molecule has 0 unspecified atom stereocenters. The maximum Gasteiger partial charge on any atom is 0.491 e. The highest BCUT2D eigenvalue weighted by Gasteiger charge is 2.35. The maximum absolute atomic E-state index is 10.8. The molecule has 1 aliphatic rings. The third-order valence-electron chi connectivity index (χ3n) is 3.59. The minimum atomic E-state index is -0.691. The van der Waals surface area contributed by atoms with Gasteiger partial charge in [0.2, 0.25) is 12.2 Å². The Kier molecular flexibility index (Phi) is 3.71. The van der Waals surface area contributed by atoms with Crippen LogP contribution < -0.4 is 5.73 Å². The minimum absolute atomic E-state index is 0.00205. The van der Waals surface area contributed by atoms with Crippen LogP contribution in [0.2, 0.25) is 0 Å². The molecule has 2 aromatic rings. The van der Waals surface area contributed by atoms with Crippen LogP contribution >= 0.6 is 0 Å². The zero-order valence-electron chi connectivity index (χ0n) is 12.6. The molecule has 3 rings (SSSR count). The van der Waals surface area contributed by atoms with Crippen molar-refractivity contribution in [3.8, 4) is 6.07 Å². The van der Waals surface area contributed by atoms with Gasteiger partial charge in [-0.2, -0.15) is 5.26 Å². The molecule has 0 fully saturated rings. The monoisotopic (exact) mass is 324 g/mol. The first kappa shape index (κ1) is 15.2. The molecule has 120 valence electrons. The minimum Gasteiger partial charge on any atom is -0.443 e. The van der Waals surface area contributed by atoms with E-state index in [4.69, 9.17) is 10.5 Å². The fourth-order valence-electron chi connectivity index (χ4n) is 2.59. The van der Waals surface area contributed by atoms with E-state index in [2.05, 4.69) is 16.2 Å². The van der Waals surface area contributed by atoms with E-state index in [0.29, 0.717) is 11.5 Å². The lowest BCUT2D eigenvalue weighted by Crippen LogP contribution is -2.22. The highest BCUT2D eigenvalue weighted by atomic mass is 16.6. The third-order valence-corrected chi connectivity index (χ3v) is 3.59. The molecule has 9 heteroatoms. The summed E-state index contributed by atoms with van der Waals surface area (Å²) in [6, 6.07) is 11.2. The van der Waals surface area contributed by atoms with E-state index in [9.17, 15) is 15.4 Å². The van der Waals surface area contributed by atoms with Crippen LogP contribution in [0.25, 0.3) is 5.70 Å². The number of nitro groups is 1. The average molecular weight is 324 g/mol. The lowest BCUT2D eigenvalue weighted by atomic mass is 9.87. The van der Waals surface area contributed by atoms with Gasteiger partial charge in [-0.3, -0.25) is 0 Å². The number of nitriles is 1. The van der Waals surface area contributed by atoms with Gasteiger partial charge in [0, 0.05) is 5.10 Å². The van der Waals surface area contributed by atoms with Crippen LogP contribution in [0.4, 0.5) is 5.95 Å². The summed E-state index contributed by atoms with van der Waals surface area (Å²) >= 11 is 0. The first-order valence-corrected chi connectivity index (χ1v) is 6.92. The smallest absolute Gasteiger partial charge is 0.443 e. The van der Waals surface area contributed by atoms with Crippen LogP contribution in [0.5, 0.6) is 0 Å². The molecule has 0 aliphatic carbocycles. The quantitative estimate of drug-likeness (QED) is 0.673. The average Bonchev–Trinajstić information content (AvgIpc) is 3.05. The van der Waals surface area contributed by atoms with Gasteiger partial charge in [0.15, 0.2) is 0 Å². The molecule has 0 amide bonds. The van der Waals surface area contributed by atoms with Gasteiger partial charge in [0.05, 0.1) is 5.92 Å². The number of allylic oxidation sites excluding steroid dienone is 3. The number of hydrogen-bond donors (Lipinski definition) is 1. The van der Waals surface area contributed by atoms with E-state index in [1.807, 2.05) is 30.3 Å². The Morgan fingerprint density at radius 1 is 1.42 bits per heavy atom. The number of nitrogens with two attached hydrogens (primary N) is 1. The molecule has 1 atom stereocenters. The largest absolute Gasteiger partial charge is 0.491 e. The molecular weight excluding hydrogens is 312 g/mol. The lowest BCUT2D eigenvalue weighted by Gasteiger charge is -2.26. The predicted octanol–water partition coefficient (Wildman–Crippen LogP) is 1.88. The summed E-state index contributed by atoms with van der Waals surface area (Å²) in [6.45, 7) is 1.65. The highest BCUT2D eigenvalue weighted by molar-refractivity contribution is 5.66. The van der Waals surface area contributed by atoms with Crippen LogP contribution in [0.1, 0.15) is 18.4 Å². The topological polar surface area (TPSA) is 133 Å². The Morgan fingerprint density at radius 3 is 2.71 bits per heavy atom. The van der Waals surface area contributed by atoms with Gasteiger partial charge in [0.25, 0.3) is 0 Å². The molecule has 1 aromatic carbocycles. The van der Waals surface area contributed by atoms with Crippen LogP contribution in [-0.2, 0) is 4.74 Å². The van der Waals surface area contributed by atoms with Crippen LogP contribution in [0.15, 0.2) is 53.9 Å². The second-order valence-electron chi connectivity index (χ2n) is 5.02. The Morgan fingerprint density at radius 2 is 2.12 bits per heavy atom. The third kappa shape index (κ3) is 2.46. The van der Waals surface area contributed by atoms with Gasteiger partial charge in [0.1, 0.15) is 23.1 Å². The van der Waals surface area contributed by atoms with Crippen molar-refractivity contribution in [2.75, 3.05) is 0 Å². The fourth-order valence-corrected chi connectivity index (χ4v) is 2.59. The van der Waals surface area contributed by atoms with E-state index < -0.39 is 16.8 Å². The summed E-state index contributed by atoms with van der Waals surface area (Å²) in [5.74, 6) is -0.711. The summed E-state index contributed by atoms with van der Waals surface area (Å²) in [7, 11) is 0. The molecule has 2 heterocycles. The van der Waals surface area contributed by atoms with Crippen molar-refractivity contribution in [3.63, 3.8) is 0 Å². The van der Waals surface area contributed by atoms with Crippen LogP contribution in [-0.4, -0.2) is 19.7 Å². The second kappa shape index (κ2) is 5.85. The molecule has 24 heavy (non-hydrogen) atoms. The molecule has 9 nitrogen and oxygen atoms in total. The maximum atomic E-state index is 10.8. The number of benzene rings is 1. The zero-order chi connectivity index (χ0) is 17.3. The van der Waals surface area contributed by atoms with Crippen molar-refractivity contribution >= 4 is 11.6 Å². The number of hydrogen-bond acceptors (Lipinski definition) is 7. The molecule has 1 aromatic heterocycles. The van der Waals surface area contributed by atoms with Gasteiger partial charge in [-0.1, -0.05) is 35.3 Å². The Balaban J connectivity index is 2.19. The number of ether oxygens (including phenoxy) is 1. The standard InChI is InChI=1S/C15H12N6O3/c1-9-13(20-8-18-15(19-20)21(22)23)12(10-5-3-2-4-6-10)11(7-16)14(17)24-9/h2-6,8,12H,17H2,1H3/t12-/m0/s1. The van der Waals surface area contributed by atoms with E-state index in [0.717, 1.165) is 5.56 Å². The van der Waals surface area contributed by atoms with Crippen molar-refractivity contribution in [2.45, 2.75) is 12.8 Å². The summed E-state index contributed by atoms with van der Waals surface area (Å²) in [4.78, 5) is 13.8. The molecule has 0 radical (unpaired) electrons. The van der Waals surface area contributed by atoms with E-state index in [1.54, 1.807) is 6.92 Å². The van der Waals surface area contributed by atoms with Gasteiger partial charge in [-0.05, 0) is 17.4 Å². The van der Waals surface area contributed by atoms with Crippen molar-refractivity contribution in [2.24, 2.45) is 5.73 Å². The van der Waals surface area contributed by atoms with Crippen LogP contribution in [0, 0.1) is 21.4 Å². The summed E-state index contributed by atoms with van der Waals surface area (Å²) in [5.41, 5.74) is 7.29. The van der Waals surface area contributed by atoms with Crippen molar-refractivity contribution in [1.29, 1.82) is 5.26 Å². The first-order chi connectivity index (χ1) is 11.5. The van der Waals surface area contributed by atoms with E-state index >= 15 is 0 Å². The molecule has 2 N–H and O–H groups in total. The molecule has 1 aliphatic heterocycles. The summed E-state index contributed by atoms with van der Waals surface area (Å²) in [5, 5.41) is 24.2. The molecule has 0 saturated carbocycles. The second-order valence-corrected chi connectivity index (χ2v) is 5.02. The Hall–Kier alpha value is -3.67. The molecule has 0 bridgehead atoms. The molecule has 0 spiro atoms. The number of aromatic nitrogens is 3. The molecule has 0 saturated heterocycles. The van der Waals surface area contributed by atoms with Gasteiger partial charge in [-0.15, -0.1) is 4.68 Å². The zero-order valence-corrected chi connectivity index (χ0v) is 12.6. The van der Waals surface area contributed by atoms with E-state index in [-0.39, 0.29) is 11.5 Å². The summed E-state index contributed by atoms with van der Waals surface area (Å²) < 4.78 is 6.68. The number of rotatable bonds is 3. The summed E-state index contributed by atoms with van der Waals surface area (Å²) in [6.07, 6.45) is 1.22. The Bertz CT molecular complexity index is 907. The predicted molar refractivity (Wildman–Crippen MR) is 82.7 cm³/mol. The van der Waals surface area contributed by atoms with Gasteiger partial charge in [-0.25, -0.2) is 0 Å². The lowest BCUT2D eigenvalue weighted by molar-refractivity contribution is -0.394. The van der Waals surface area contributed by atoms with Crippen molar-refractivity contribution < 1.29 is 9.66 Å². The van der Waals surface area contributed by atoms with Crippen LogP contribution in [0.3, 0.4) is 0 Å². The van der Waals surface area contributed by atoms with Gasteiger partial charge < -0.3 is 20.6 Å². The highest BCUT2D eigenvalue weighted by Crippen LogP contribution is 2.41. The fraction of sp³-hybridized carbons (Fsp3) is 0.133. The normalized spacial score (nSPS) is 17.4. The van der Waals surface area contributed by atoms with Crippen molar-refractivity contribution in [1.82, 2.24) is 14.8 Å². The van der Waals surface area contributed by atoms with Gasteiger partial charge >= 0.3 is 5.95 Å². The SMILES string of the molecule is CC1=C(n2cnc([N+](=O)[O-])n2)[C@@H](c2ccccc2)C(C#N)=C(N)O1. The van der Waals surface area contributed by atoms with E-state index in [1.165, 1.54) is 11.0 Å². The first-order valence-electron chi connectivity index (χ1n) is 6.92. The van der Waals surface area contributed by atoms with Crippen molar-refractivity contribution in [3.05, 3.63) is 69.6 Å². The Labute approximate surface area is 136 Å². The molecular formula is C15H12N6O3.